The molecule has 0 saturated carbocycles. The third-order valence-corrected chi connectivity index (χ3v) is 3.72. The average molecular weight is 309 g/mol. The molecule has 5 heteroatoms. The van der Waals surface area contributed by atoms with Crippen LogP contribution in [0.2, 0.25) is 0 Å². The summed E-state index contributed by atoms with van der Waals surface area (Å²) in [6, 6.07) is 6.08. The van der Waals surface area contributed by atoms with Crippen LogP contribution < -0.4 is 5.32 Å². The Labute approximate surface area is 130 Å². The van der Waals surface area contributed by atoms with Crippen LogP contribution in [0.4, 0.5) is 4.39 Å². The number of benzene rings is 1. The van der Waals surface area contributed by atoms with Crippen molar-refractivity contribution in [3.8, 4) is 0 Å². The van der Waals surface area contributed by atoms with E-state index in [9.17, 15) is 14.0 Å². The zero-order valence-electron chi connectivity index (χ0n) is 13.2. The largest absolute Gasteiger partial charge is 0.481 e. The molecule has 0 saturated heterocycles. The lowest BCUT2D eigenvalue weighted by molar-refractivity contribution is -0.137. The second-order valence-electron chi connectivity index (χ2n) is 5.95. The standard InChI is InChI=1S/C17H24FNO3/c1-17(2,13-8-7-9-14(18)12-13)16(22)19-11-6-4-3-5-10-15(20)21/h7-9,12H,3-6,10-11H2,1-2H3,(H,19,22)(H,20,21). The SMILES string of the molecule is CC(C)(C(=O)NCCCCCCC(=O)O)c1cccc(F)c1. The Balaban J connectivity index is 2.34. The van der Waals surface area contributed by atoms with Crippen molar-refractivity contribution >= 4 is 11.9 Å². The monoisotopic (exact) mass is 309 g/mol. The van der Waals surface area contributed by atoms with E-state index in [0.717, 1.165) is 19.3 Å². The predicted octanol–water partition coefficient (Wildman–Crippen LogP) is 3.25. The highest BCUT2D eigenvalue weighted by molar-refractivity contribution is 5.87. The molecule has 4 nitrogen and oxygen atoms in total. The summed E-state index contributed by atoms with van der Waals surface area (Å²) in [7, 11) is 0. The van der Waals surface area contributed by atoms with Gasteiger partial charge in [-0.15, -0.1) is 0 Å². The molecule has 0 radical (unpaired) electrons. The van der Waals surface area contributed by atoms with E-state index >= 15 is 0 Å². The van der Waals surface area contributed by atoms with Crippen LogP contribution in [0.25, 0.3) is 0 Å². The third-order valence-electron chi connectivity index (χ3n) is 3.72. The topological polar surface area (TPSA) is 66.4 Å². The summed E-state index contributed by atoms with van der Waals surface area (Å²) >= 11 is 0. The van der Waals surface area contributed by atoms with Gasteiger partial charge in [-0.3, -0.25) is 9.59 Å². The molecule has 1 amide bonds. The summed E-state index contributed by atoms with van der Waals surface area (Å²) < 4.78 is 13.3. The van der Waals surface area contributed by atoms with Crippen molar-refractivity contribution in [1.29, 1.82) is 0 Å². The summed E-state index contributed by atoms with van der Waals surface area (Å²) in [5, 5.41) is 11.4. The molecule has 0 unspecified atom stereocenters. The zero-order chi connectivity index (χ0) is 16.6. The first-order valence-corrected chi connectivity index (χ1v) is 7.60. The van der Waals surface area contributed by atoms with Gasteiger partial charge < -0.3 is 10.4 Å². The molecule has 0 aromatic heterocycles. The number of hydrogen-bond donors (Lipinski definition) is 2. The Morgan fingerprint density at radius 3 is 2.50 bits per heavy atom. The number of carbonyl (C=O) groups excluding carboxylic acids is 1. The van der Waals surface area contributed by atoms with Gasteiger partial charge in [0.25, 0.3) is 0 Å². The lowest BCUT2D eigenvalue weighted by Crippen LogP contribution is -2.40. The fourth-order valence-electron chi connectivity index (χ4n) is 2.19. The fourth-order valence-corrected chi connectivity index (χ4v) is 2.19. The molecule has 0 spiro atoms. The second kappa shape index (κ2) is 8.51. The van der Waals surface area contributed by atoms with Crippen molar-refractivity contribution in [2.45, 2.75) is 51.4 Å². The van der Waals surface area contributed by atoms with Gasteiger partial charge in [0, 0.05) is 13.0 Å². The quantitative estimate of drug-likeness (QED) is 0.688. The molecule has 1 aromatic carbocycles. The van der Waals surface area contributed by atoms with Gasteiger partial charge in [-0.05, 0) is 44.4 Å². The number of unbranched alkanes of at least 4 members (excludes halogenated alkanes) is 3. The van der Waals surface area contributed by atoms with Crippen molar-refractivity contribution < 1.29 is 19.1 Å². The predicted molar refractivity (Wildman–Crippen MR) is 83.2 cm³/mol. The number of halogens is 1. The second-order valence-corrected chi connectivity index (χ2v) is 5.95. The number of carboxylic acid groups (broad SMARTS) is 1. The lowest BCUT2D eigenvalue weighted by atomic mass is 9.83. The van der Waals surface area contributed by atoms with Gasteiger partial charge in [-0.2, -0.15) is 0 Å². The number of nitrogens with one attached hydrogen (secondary N) is 1. The Kier molecular flexibility index (Phi) is 7.02. The van der Waals surface area contributed by atoms with Gasteiger partial charge in [-0.1, -0.05) is 25.0 Å². The number of carboxylic acids is 1. The Morgan fingerprint density at radius 2 is 1.86 bits per heavy atom. The average Bonchev–Trinajstić information content (AvgIpc) is 2.45. The highest BCUT2D eigenvalue weighted by Gasteiger charge is 2.29. The molecule has 0 fully saturated rings. The van der Waals surface area contributed by atoms with Crippen LogP contribution in [0, 0.1) is 5.82 Å². The maximum atomic E-state index is 13.3. The van der Waals surface area contributed by atoms with E-state index in [0.29, 0.717) is 18.5 Å². The van der Waals surface area contributed by atoms with E-state index in [1.54, 1.807) is 26.0 Å². The van der Waals surface area contributed by atoms with Crippen LogP contribution in [0.15, 0.2) is 24.3 Å². The molecule has 0 aliphatic heterocycles. The van der Waals surface area contributed by atoms with Crippen molar-refractivity contribution in [3.63, 3.8) is 0 Å². The lowest BCUT2D eigenvalue weighted by Gasteiger charge is -2.24. The number of hydrogen-bond acceptors (Lipinski definition) is 2. The van der Waals surface area contributed by atoms with Gasteiger partial charge >= 0.3 is 5.97 Å². The van der Waals surface area contributed by atoms with Crippen molar-refractivity contribution in [3.05, 3.63) is 35.6 Å². The van der Waals surface area contributed by atoms with Crippen LogP contribution in [0.3, 0.4) is 0 Å². The van der Waals surface area contributed by atoms with Gasteiger partial charge in [0.05, 0.1) is 5.41 Å². The van der Waals surface area contributed by atoms with Crippen LogP contribution in [-0.4, -0.2) is 23.5 Å². The van der Waals surface area contributed by atoms with Gasteiger partial charge in [0.1, 0.15) is 5.82 Å². The zero-order valence-corrected chi connectivity index (χ0v) is 13.2. The van der Waals surface area contributed by atoms with Crippen molar-refractivity contribution in [2.75, 3.05) is 6.54 Å². The molecule has 0 aliphatic rings. The summed E-state index contributed by atoms with van der Waals surface area (Å²) in [5.41, 5.74) is -0.141. The molecule has 1 aromatic rings. The van der Waals surface area contributed by atoms with E-state index in [2.05, 4.69) is 5.32 Å². The maximum absolute atomic E-state index is 13.3. The van der Waals surface area contributed by atoms with Crippen molar-refractivity contribution in [1.82, 2.24) is 5.32 Å². The van der Waals surface area contributed by atoms with E-state index in [-0.39, 0.29) is 18.1 Å². The van der Waals surface area contributed by atoms with Gasteiger partial charge in [0.15, 0.2) is 0 Å². The smallest absolute Gasteiger partial charge is 0.303 e. The molecule has 2 N–H and O–H groups in total. The first kappa shape index (κ1) is 18.1. The summed E-state index contributed by atoms with van der Waals surface area (Å²) in [6.45, 7) is 4.08. The molecule has 122 valence electrons. The number of rotatable bonds is 9. The molecule has 0 aliphatic carbocycles. The van der Waals surface area contributed by atoms with Crippen LogP contribution in [-0.2, 0) is 15.0 Å². The van der Waals surface area contributed by atoms with Crippen LogP contribution >= 0.6 is 0 Å². The minimum atomic E-state index is -0.786. The number of carbonyl (C=O) groups is 2. The van der Waals surface area contributed by atoms with E-state index in [1.807, 2.05) is 0 Å². The number of amides is 1. The molecule has 0 heterocycles. The summed E-state index contributed by atoms with van der Waals surface area (Å²) in [6.07, 6.45) is 3.39. The van der Waals surface area contributed by atoms with E-state index in [1.165, 1.54) is 12.1 Å². The van der Waals surface area contributed by atoms with Gasteiger partial charge in [0.2, 0.25) is 5.91 Å². The van der Waals surface area contributed by atoms with E-state index in [4.69, 9.17) is 5.11 Å². The molecular formula is C17H24FNO3. The highest BCUT2D eigenvalue weighted by atomic mass is 19.1. The first-order chi connectivity index (χ1) is 10.3. The normalized spacial score (nSPS) is 11.2. The molecule has 1 rings (SSSR count). The number of aliphatic carboxylic acids is 1. The van der Waals surface area contributed by atoms with Crippen LogP contribution in [0.1, 0.15) is 51.5 Å². The summed E-state index contributed by atoms with van der Waals surface area (Å²) in [5.74, 6) is -1.26. The maximum Gasteiger partial charge on any atom is 0.303 e. The molecule has 0 bridgehead atoms. The molecule has 22 heavy (non-hydrogen) atoms. The molecule has 0 atom stereocenters. The Bertz CT molecular complexity index is 514. The molecular weight excluding hydrogens is 285 g/mol. The van der Waals surface area contributed by atoms with Crippen LogP contribution in [0.5, 0.6) is 0 Å². The van der Waals surface area contributed by atoms with E-state index < -0.39 is 11.4 Å². The highest BCUT2D eigenvalue weighted by Crippen LogP contribution is 2.23. The fraction of sp³-hybridized carbons (Fsp3) is 0.529. The summed E-state index contributed by atoms with van der Waals surface area (Å²) in [4.78, 5) is 22.6. The Morgan fingerprint density at radius 1 is 1.18 bits per heavy atom. The van der Waals surface area contributed by atoms with Crippen molar-refractivity contribution in [2.24, 2.45) is 0 Å². The Hall–Kier alpha value is -1.91. The minimum Gasteiger partial charge on any atom is -0.481 e. The third kappa shape index (κ3) is 5.84. The first-order valence-electron chi connectivity index (χ1n) is 7.60. The minimum absolute atomic E-state index is 0.136. The van der Waals surface area contributed by atoms with Gasteiger partial charge in [-0.25, -0.2) is 4.39 Å².